The zero-order valence-corrected chi connectivity index (χ0v) is 19.3. The zero-order chi connectivity index (χ0) is 24.5. The number of aliphatic hydroxyl groups excluding tert-OH is 2. The highest BCUT2D eigenvalue weighted by atomic mass is 32.1. The lowest BCUT2D eigenvalue weighted by molar-refractivity contribution is -0.116. The Morgan fingerprint density at radius 1 is 1.38 bits per heavy atom. The van der Waals surface area contributed by atoms with E-state index in [1.54, 1.807) is 6.07 Å². The van der Waals surface area contributed by atoms with Gasteiger partial charge in [-0.15, -0.1) is 11.3 Å². The maximum Gasteiger partial charge on any atom is 0.410 e. The van der Waals surface area contributed by atoms with Crippen LogP contribution in [-0.4, -0.2) is 65.8 Å². The topological polar surface area (TPSA) is 156 Å². The molecule has 1 unspecified atom stereocenters. The molecule has 0 bridgehead atoms. The van der Waals surface area contributed by atoms with Crippen LogP contribution in [0.3, 0.4) is 0 Å². The van der Waals surface area contributed by atoms with Crippen molar-refractivity contribution in [3.05, 3.63) is 45.8 Å². The van der Waals surface area contributed by atoms with Crippen LogP contribution in [0, 0.1) is 16.7 Å². The van der Waals surface area contributed by atoms with Crippen molar-refractivity contribution >= 4 is 34.6 Å². The number of aryl methyl sites for hydroxylation is 1. The van der Waals surface area contributed by atoms with E-state index >= 15 is 0 Å². The Morgan fingerprint density at radius 2 is 2.18 bits per heavy atom. The fourth-order valence-corrected chi connectivity index (χ4v) is 4.73. The monoisotopic (exact) mass is 486 g/mol. The van der Waals surface area contributed by atoms with Crippen molar-refractivity contribution in [2.45, 2.75) is 31.9 Å². The minimum Gasteiger partial charge on any atom is -0.488 e. The summed E-state index contributed by atoms with van der Waals surface area (Å²) in [6, 6.07) is 9.50. The first kappa shape index (κ1) is 25.2. The number of carbonyl (C=O) groups excluding carboxylic acids is 2. The Bertz CT molecular complexity index is 1080. The van der Waals surface area contributed by atoms with Crippen LogP contribution in [0.5, 0.6) is 5.75 Å². The molecule has 0 saturated carbocycles. The first-order valence-electron chi connectivity index (χ1n) is 10.7. The number of thiophene rings is 1. The summed E-state index contributed by atoms with van der Waals surface area (Å²) in [6.07, 6.45) is 0.480. The Morgan fingerprint density at radius 3 is 2.91 bits per heavy atom. The molecule has 0 fully saturated rings. The maximum absolute atomic E-state index is 12.6. The number of nitriles is 1. The van der Waals surface area contributed by atoms with Crippen molar-refractivity contribution in [3.63, 3.8) is 0 Å². The number of aliphatic hydroxyl groups is 2. The smallest absolute Gasteiger partial charge is 0.410 e. The number of carbonyl (C=O) groups is 2. The molecule has 34 heavy (non-hydrogen) atoms. The van der Waals surface area contributed by atoms with Crippen molar-refractivity contribution in [3.8, 4) is 11.8 Å². The van der Waals surface area contributed by atoms with Gasteiger partial charge in [0.05, 0.1) is 18.7 Å². The highest BCUT2D eigenvalue weighted by Crippen LogP contribution is 2.37. The quantitative estimate of drug-likeness (QED) is 0.375. The summed E-state index contributed by atoms with van der Waals surface area (Å²) in [5.41, 5.74) is 2.07. The highest BCUT2D eigenvalue weighted by molar-refractivity contribution is 7.16. The molecule has 0 spiro atoms. The van der Waals surface area contributed by atoms with Gasteiger partial charge >= 0.3 is 6.09 Å². The number of fused-ring (bicyclic) bond motifs is 1. The lowest BCUT2D eigenvalue weighted by atomic mass is 10.0. The molecule has 11 heteroatoms. The largest absolute Gasteiger partial charge is 0.488 e. The molecule has 4 N–H and O–H groups in total. The molecule has 1 aromatic carbocycles. The number of nitrogens with zero attached hydrogens (tertiary/aromatic N) is 2. The fraction of sp³-hybridized carbons (Fsp3) is 0.391. The summed E-state index contributed by atoms with van der Waals surface area (Å²) in [7, 11) is 0. The Hall–Kier alpha value is -3.46. The van der Waals surface area contributed by atoms with E-state index in [-0.39, 0.29) is 32.1 Å². The van der Waals surface area contributed by atoms with Crippen molar-refractivity contribution in [1.29, 1.82) is 10.7 Å². The number of anilines is 1. The van der Waals surface area contributed by atoms with Gasteiger partial charge in [0.25, 0.3) is 0 Å². The molecule has 10 nitrogen and oxygen atoms in total. The number of hydrogen-bond acceptors (Lipinski definition) is 9. The van der Waals surface area contributed by atoms with Crippen molar-refractivity contribution < 1.29 is 29.3 Å². The molecular formula is C23H26N4O6S. The second-order valence-electron chi connectivity index (χ2n) is 7.58. The average Bonchev–Trinajstić information content (AvgIpc) is 3.20. The first-order chi connectivity index (χ1) is 16.5. The molecule has 2 amide bonds. The van der Waals surface area contributed by atoms with E-state index in [0.29, 0.717) is 35.7 Å². The number of nitrogens with one attached hydrogen (secondary N) is 2. The SMILES string of the molecule is N#Cc1c(NC(=O)CCc2ccccc2OCC=N)sc2c1CCN(C(=O)OCC(O)CO)C2. The van der Waals surface area contributed by atoms with Crippen LogP contribution in [0.2, 0.25) is 0 Å². The normalized spacial score (nSPS) is 13.4. The Kier molecular flexibility index (Phi) is 8.98. The number of rotatable bonds is 10. The van der Waals surface area contributed by atoms with Crippen LogP contribution in [0.15, 0.2) is 24.3 Å². The molecule has 1 atom stereocenters. The second-order valence-corrected chi connectivity index (χ2v) is 8.68. The third-order valence-corrected chi connectivity index (χ3v) is 6.34. The molecule has 2 heterocycles. The molecule has 2 aromatic rings. The molecular weight excluding hydrogens is 460 g/mol. The minimum absolute atomic E-state index is 0.155. The van der Waals surface area contributed by atoms with Gasteiger partial charge in [0, 0.05) is 24.1 Å². The van der Waals surface area contributed by atoms with Gasteiger partial charge in [-0.05, 0) is 30.0 Å². The number of para-hydroxylation sites is 1. The number of benzene rings is 1. The van der Waals surface area contributed by atoms with Gasteiger partial charge in [0.15, 0.2) is 0 Å². The standard InChI is InChI=1S/C23H26N4O6S/c24-8-10-32-19-4-2-1-3-15(19)5-6-21(30)26-22-18(11-25)17-7-9-27(12-20(17)34-22)23(31)33-14-16(29)13-28/h1-4,8,16,24,28-29H,5-7,9-10,12-14H2,(H,26,30). The molecule has 1 aliphatic heterocycles. The van der Waals surface area contributed by atoms with Crippen LogP contribution >= 0.6 is 11.3 Å². The predicted molar refractivity (Wildman–Crippen MR) is 125 cm³/mol. The number of ether oxygens (including phenoxy) is 2. The minimum atomic E-state index is -1.13. The van der Waals surface area contributed by atoms with Crippen LogP contribution < -0.4 is 10.1 Å². The average molecular weight is 487 g/mol. The summed E-state index contributed by atoms with van der Waals surface area (Å²) >= 11 is 1.26. The van der Waals surface area contributed by atoms with Crippen molar-refractivity contribution in [2.24, 2.45) is 0 Å². The van der Waals surface area contributed by atoms with E-state index in [9.17, 15) is 20.0 Å². The molecule has 180 valence electrons. The van der Waals surface area contributed by atoms with Crippen molar-refractivity contribution in [1.82, 2.24) is 4.90 Å². The second kappa shape index (κ2) is 12.1. The molecule has 0 radical (unpaired) electrons. The van der Waals surface area contributed by atoms with E-state index in [0.717, 1.165) is 22.2 Å². The number of amides is 2. The van der Waals surface area contributed by atoms with E-state index in [1.807, 2.05) is 18.2 Å². The molecule has 0 aliphatic carbocycles. The Balaban J connectivity index is 1.62. The van der Waals surface area contributed by atoms with Crippen molar-refractivity contribution in [2.75, 3.05) is 31.7 Å². The maximum atomic E-state index is 12.6. The zero-order valence-electron chi connectivity index (χ0n) is 18.5. The van der Waals surface area contributed by atoms with Gasteiger partial charge in [-0.2, -0.15) is 5.26 Å². The fourth-order valence-electron chi connectivity index (χ4n) is 3.50. The lowest BCUT2D eigenvalue weighted by Crippen LogP contribution is -2.37. The highest BCUT2D eigenvalue weighted by Gasteiger charge is 2.28. The molecule has 1 aromatic heterocycles. The lowest BCUT2D eigenvalue weighted by Gasteiger charge is -2.26. The first-order valence-corrected chi connectivity index (χ1v) is 11.5. The molecule has 0 saturated heterocycles. The van der Waals surface area contributed by atoms with Gasteiger partial charge in [-0.3, -0.25) is 4.79 Å². The summed E-state index contributed by atoms with van der Waals surface area (Å²) in [4.78, 5) is 27.1. The van der Waals surface area contributed by atoms with Crippen LogP contribution in [0.4, 0.5) is 9.80 Å². The van der Waals surface area contributed by atoms with E-state index in [1.165, 1.54) is 16.2 Å². The van der Waals surface area contributed by atoms with Gasteiger partial charge < -0.3 is 35.3 Å². The third kappa shape index (κ3) is 6.32. The third-order valence-electron chi connectivity index (χ3n) is 5.21. The van der Waals surface area contributed by atoms with E-state index < -0.39 is 18.8 Å². The van der Waals surface area contributed by atoms with Gasteiger partial charge in [0.2, 0.25) is 5.91 Å². The van der Waals surface area contributed by atoms with Crippen LogP contribution in [0.25, 0.3) is 0 Å². The van der Waals surface area contributed by atoms with Crippen LogP contribution in [-0.2, 0) is 28.9 Å². The summed E-state index contributed by atoms with van der Waals surface area (Å²) in [5, 5.41) is 38.2. The Labute approximate surface area is 200 Å². The van der Waals surface area contributed by atoms with E-state index in [2.05, 4.69) is 11.4 Å². The van der Waals surface area contributed by atoms with E-state index in [4.69, 9.17) is 20.0 Å². The molecule has 3 rings (SSSR count). The summed E-state index contributed by atoms with van der Waals surface area (Å²) in [5.74, 6) is 0.382. The summed E-state index contributed by atoms with van der Waals surface area (Å²) < 4.78 is 10.5. The van der Waals surface area contributed by atoms with Gasteiger partial charge in [0.1, 0.15) is 36.1 Å². The van der Waals surface area contributed by atoms with Gasteiger partial charge in [-0.25, -0.2) is 4.79 Å². The van der Waals surface area contributed by atoms with Crippen LogP contribution in [0.1, 0.15) is 28.0 Å². The van der Waals surface area contributed by atoms with Gasteiger partial charge in [-0.1, -0.05) is 18.2 Å². The number of hydrogen-bond donors (Lipinski definition) is 4. The molecule has 1 aliphatic rings. The summed E-state index contributed by atoms with van der Waals surface area (Å²) in [6.45, 7) is -0.0759. The predicted octanol–water partition coefficient (Wildman–Crippen LogP) is 2.07.